The first-order chi connectivity index (χ1) is 14.5. The molecule has 2 atom stereocenters. The summed E-state index contributed by atoms with van der Waals surface area (Å²) in [7, 11) is 0. The van der Waals surface area contributed by atoms with E-state index < -0.39 is 12.1 Å². The number of carbonyl (C=O) groups excluding carboxylic acids is 1. The van der Waals surface area contributed by atoms with Gasteiger partial charge in [0.1, 0.15) is 4.88 Å². The van der Waals surface area contributed by atoms with Gasteiger partial charge in [-0.2, -0.15) is 0 Å². The SMILES string of the molecule is CCCCC[C@H](O)c1ccc(N2C(=O)CC[C@@H]2C/C=C/c2ccc(C(=O)O)s2)cc1. The van der Waals surface area contributed by atoms with Gasteiger partial charge in [-0.25, -0.2) is 4.79 Å². The molecule has 1 aliphatic heterocycles. The van der Waals surface area contributed by atoms with Crippen molar-refractivity contribution in [1.29, 1.82) is 0 Å². The molecule has 2 heterocycles. The normalized spacial score (nSPS) is 17.7. The summed E-state index contributed by atoms with van der Waals surface area (Å²) >= 11 is 1.24. The van der Waals surface area contributed by atoms with Crippen molar-refractivity contribution >= 4 is 35.0 Å². The summed E-state index contributed by atoms with van der Waals surface area (Å²) < 4.78 is 0. The predicted octanol–water partition coefficient (Wildman–Crippen LogP) is 5.66. The smallest absolute Gasteiger partial charge is 0.345 e. The van der Waals surface area contributed by atoms with E-state index in [0.717, 1.165) is 48.2 Å². The summed E-state index contributed by atoms with van der Waals surface area (Å²) in [6, 6.07) is 11.2. The first kappa shape index (κ1) is 22.2. The molecule has 2 N–H and O–H groups in total. The van der Waals surface area contributed by atoms with Crippen molar-refractivity contribution < 1.29 is 19.8 Å². The lowest BCUT2D eigenvalue weighted by molar-refractivity contribution is -0.117. The topological polar surface area (TPSA) is 77.8 Å². The van der Waals surface area contributed by atoms with Crippen LogP contribution in [-0.2, 0) is 4.79 Å². The number of thiophene rings is 1. The third-order valence-corrected chi connectivity index (χ3v) is 6.53. The van der Waals surface area contributed by atoms with Gasteiger partial charge in [-0.3, -0.25) is 4.79 Å². The zero-order valence-electron chi connectivity index (χ0n) is 17.3. The molecule has 6 heteroatoms. The van der Waals surface area contributed by atoms with E-state index in [2.05, 4.69) is 6.92 Å². The molecule has 0 spiro atoms. The second-order valence-electron chi connectivity index (χ2n) is 7.70. The van der Waals surface area contributed by atoms with Gasteiger partial charge in [0, 0.05) is 23.0 Å². The Hall–Kier alpha value is -2.44. The van der Waals surface area contributed by atoms with E-state index in [1.807, 2.05) is 41.3 Å². The lowest BCUT2D eigenvalue weighted by atomic mass is 10.0. The maximum Gasteiger partial charge on any atom is 0.345 e. The van der Waals surface area contributed by atoms with Crippen LogP contribution in [0.4, 0.5) is 5.69 Å². The van der Waals surface area contributed by atoms with Crippen molar-refractivity contribution in [2.45, 2.75) is 64.0 Å². The molecular formula is C24H29NO4S. The van der Waals surface area contributed by atoms with Crippen molar-refractivity contribution in [3.8, 4) is 0 Å². The van der Waals surface area contributed by atoms with Crippen molar-refractivity contribution in [1.82, 2.24) is 0 Å². The molecule has 0 aliphatic carbocycles. The zero-order valence-corrected chi connectivity index (χ0v) is 18.1. The molecule has 1 saturated heterocycles. The minimum absolute atomic E-state index is 0.0907. The minimum atomic E-state index is -0.911. The largest absolute Gasteiger partial charge is 0.477 e. The molecule has 0 radical (unpaired) electrons. The highest BCUT2D eigenvalue weighted by atomic mass is 32.1. The van der Waals surface area contributed by atoms with Crippen LogP contribution in [0.3, 0.4) is 0 Å². The van der Waals surface area contributed by atoms with Crippen LogP contribution in [0.5, 0.6) is 0 Å². The Morgan fingerprint density at radius 2 is 2.00 bits per heavy atom. The average Bonchev–Trinajstić information content (AvgIpc) is 3.35. The summed E-state index contributed by atoms with van der Waals surface area (Å²) in [5.41, 5.74) is 1.76. The minimum Gasteiger partial charge on any atom is -0.477 e. The number of carboxylic acids is 1. The lowest BCUT2D eigenvalue weighted by Gasteiger charge is -2.24. The number of aliphatic hydroxyl groups is 1. The van der Waals surface area contributed by atoms with E-state index in [9.17, 15) is 14.7 Å². The number of hydrogen-bond donors (Lipinski definition) is 2. The van der Waals surface area contributed by atoms with Gasteiger partial charge in [-0.05, 0) is 55.2 Å². The fourth-order valence-electron chi connectivity index (χ4n) is 3.83. The van der Waals surface area contributed by atoms with Crippen LogP contribution in [0.15, 0.2) is 42.5 Å². The number of anilines is 1. The van der Waals surface area contributed by atoms with Crippen LogP contribution in [0, 0.1) is 0 Å². The van der Waals surface area contributed by atoms with Crippen molar-refractivity contribution in [2.75, 3.05) is 4.90 Å². The molecule has 0 saturated carbocycles. The van der Waals surface area contributed by atoms with Gasteiger partial charge in [-0.1, -0.05) is 44.4 Å². The number of aliphatic hydroxyl groups excluding tert-OH is 1. The number of aromatic carboxylic acids is 1. The molecule has 0 bridgehead atoms. The van der Waals surface area contributed by atoms with Gasteiger partial charge >= 0.3 is 5.97 Å². The van der Waals surface area contributed by atoms with Crippen LogP contribution in [-0.4, -0.2) is 28.1 Å². The molecule has 1 aromatic heterocycles. The molecule has 30 heavy (non-hydrogen) atoms. The third-order valence-electron chi connectivity index (χ3n) is 5.49. The van der Waals surface area contributed by atoms with Gasteiger partial charge in [-0.15, -0.1) is 11.3 Å². The van der Waals surface area contributed by atoms with E-state index >= 15 is 0 Å². The summed E-state index contributed by atoms with van der Waals surface area (Å²) in [5, 5.41) is 19.4. The van der Waals surface area contributed by atoms with E-state index in [1.165, 1.54) is 11.3 Å². The molecular weight excluding hydrogens is 398 g/mol. The van der Waals surface area contributed by atoms with E-state index in [4.69, 9.17) is 5.11 Å². The van der Waals surface area contributed by atoms with E-state index in [0.29, 0.717) is 17.7 Å². The van der Waals surface area contributed by atoms with Gasteiger partial charge in [0.05, 0.1) is 6.10 Å². The molecule has 1 aromatic carbocycles. The van der Waals surface area contributed by atoms with Crippen LogP contribution in [0.2, 0.25) is 0 Å². The Bertz CT molecular complexity index is 887. The van der Waals surface area contributed by atoms with Crippen molar-refractivity contribution in [2.24, 2.45) is 0 Å². The monoisotopic (exact) mass is 427 g/mol. The molecule has 0 unspecified atom stereocenters. The second kappa shape index (κ2) is 10.5. The van der Waals surface area contributed by atoms with Gasteiger partial charge in [0.25, 0.3) is 0 Å². The Labute approximate surface area is 181 Å². The number of carbonyl (C=O) groups is 2. The quantitative estimate of drug-likeness (QED) is 0.480. The fourth-order valence-corrected chi connectivity index (χ4v) is 4.61. The Morgan fingerprint density at radius 3 is 2.67 bits per heavy atom. The summed E-state index contributed by atoms with van der Waals surface area (Å²) in [6.45, 7) is 2.15. The number of hydrogen-bond acceptors (Lipinski definition) is 4. The molecule has 1 aliphatic rings. The highest BCUT2D eigenvalue weighted by Gasteiger charge is 2.31. The van der Waals surface area contributed by atoms with E-state index in [-0.39, 0.29) is 11.9 Å². The zero-order chi connectivity index (χ0) is 21.5. The van der Waals surface area contributed by atoms with Crippen molar-refractivity contribution in [3.05, 3.63) is 57.8 Å². The van der Waals surface area contributed by atoms with E-state index in [1.54, 1.807) is 12.1 Å². The predicted molar refractivity (Wildman–Crippen MR) is 121 cm³/mol. The number of nitrogens with zero attached hydrogens (tertiary/aromatic N) is 1. The number of carboxylic acid groups (broad SMARTS) is 1. The number of unbranched alkanes of at least 4 members (excludes halogenated alkanes) is 2. The first-order valence-corrected chi connectivity index (χ1v) is 11.4. The highest BCUT2D eigenvalue weighted by molar-refractivity contribution is 7.14. The van der Waals surface area contributed by atoms with Crippen LogP contribution < -0.4 is 4.90 Å². The number of amides is 1. The van der Waals surface area contributed by atoms with Gasteiger partial charge in [0.2, 0.25) is 5.91 Å². The maximum absolute atomic E-state index is 12.5. The Kier molecular flexibility index (Phi) is 7.82. The van der Waals surface area contributed by atoms with Gasteiger partial charge in [0.15, 0.2) is 0 Å². The summed E-state index contributed by atoms with van der Waals surface area (Å²) in [5.74, 6) is -0.792. The standard InChI is InChI=1S/C24H29NO4S/c1-2-3-4-8-21(26)17-9-11-19(12-10-17)25-18(13-16-23(25)27)6-5-7-20-14-15-22(30-20)24(28)29/h5,7,9-12,14-15,18,21,26H,2-4,6,8,13,16H2,1H3,(H,28,29)/b7-5+/t18-,21-/m0/s1. The third kappa shape index (κ3) is 5.58. The molecule has 160 valence electrons. The Balaban J connectivity index is 1.62. The number of rotatable bonds is 10. The summed E-state index contributed by atoms with van der Waals surface area (Å²) in [4.78, 5) is 26.5. The van der Waals surface area contributed by atoms with Crippen LogP contribution in [0.25, 0.3) is 6.08 Å². The van der Waals surface area contributed by atoms with Crippen LogP contribution >= 0.6 is 11.3 Å². The lowest BCUT2D eigenvalue weighted by Crippen LogP contribution is -2.32. The second-order valence-corrected chi connectivity index (χ2v) is 8.82. The van der Waals surface area contributed by atoms with Crippen molar-refractivity contribution in [3.63, 3.8) is 0 Å². The summed E-state index contributed by atoms with van der Waals surface area (Å²) in [6.07, 6.45) is 9.55. The maximum atomic E-state index is 12.5. The van der Waals surface area contributed by atoms with Gasteiger partial charge < -0.3 is 15.1 Å². The fraction of sp³-hybridized carbons (Fsp3) is 0.417. The van der Waals surface area contributed by atoms with Crippen LogP contribution in [0.1, 0.15) is 78.1 Å². The average molecular weight is 428 g/mol. The molecule has 3 rings (SSSR count). The molecule has 1 fully saturated rings. The number of benzene rings is 1. The molecule has 1 amide bonds. The molecule has 2 aromatic rings. The Morgan fingerprint density at radius 1 is 1.23 bits per heavy atom. The molecule has 5 nitrogen and oxygen atoms in total. The first-order valence-electron chi connectivity index (χ1n) is 10.6. The highest BCUT2D eigenvalue weighted by Crippen LogP contribution is 2.31.